The normalized spacial score (nSPS) is 16.0. The Morgan fingerprint density at radius 1 is 0.941 bits per heavy atom. The predicted octanol–water partition coefficient (Wildman–Crippen LogP) is 9.19. The molecular formula is C31H50N2O. The molecule has 1 heterocycles. The predicted molar refractivity (Wildman–Crippen MR) is 147 cm³/mol. The SMILES string of the molecule is CC.CCCCCC(CC)C(C)CC.Cc1cc2c(nn1)-c1c(O)cc(C3CC3)cc1CCC2. The highest BCUT2D eigenvalue weighted by Crippen LogP contribution is 2.45. The van der Waals surface area contributed by atoms with Crippen molar-refractivity contribution in [2.75, 3.05) is 0 Å². The first kappa shape index (κ1) is 28.3. The summed E-state index contributed by atoms with van der Waals surface area (Å²) in [6.45, 7) is 15.3. The van der Waals surface area contributed by atoms with Gasteiger partial charge in [-0.15, -0.1) is 5.10 Å². The lowest BCUT2D eigenvalue weighted by Crippen LogP contribution is -2.09. The van der Waals surface area contributed by atoms with Crippen molar-refractivity contribution in [3.63, 3.8) is 0 Å². The van der Waals surface area contributed by atoms with E-state index in [-0.39, 0.29) is 0 Å². The molecule has 2 aliphatic carbocycles. The van der Waals surface area contributed by atoms with E-state index in [0.717, 1.165) is 48.0 Å². The number of unbranched alkanes of at least 4 members (excludes halogenated alkanes) is 2. The molecule has 3 nitrogen and oxygen atoms in total. The van der Waals surface area contributed by atoms with Crippen LogP contribution in [0.2, 0.25) is 0 Å². The van der Waals surface area contributed by atoms with Gasteiger partial charge in [0.2, 0.25) is 0 Å². The smallest absolute Gasteiger partial charge is 0.125 e. The Morgan fingerprint density at radius 2 is 1.65 bits per heavy atom. The standard InChI is InChI=1S/C17H18N2O.C12H26.C2H6/c1-10-7-13-4-2-3-12-8-14(11-5-6-11)9-15(20)16(12)17(13)19-18-10;1-5-8-9-10-12(7-3)11(4)6-2;1-2/h7-9,11,20H,2-6H2,1H3;11-12H,5-10H2,1-4H3;1-2H3. The largest absolute Gasteiger partial charge is 0.507 e. The van der Waals surface area contributed by atoms with Crippen LogP contribution in [0, 0.1) is 18.8 Å². The van der Waals surface area contributed by atoms with Crippen LogP contribution in [-0.2, 0) is 12.8 Å². The van der Waals surface area contributed by atoms with E-state index < -0.39 is 0 Å². The van der Waals surface area contributed by atoms with Gasteiger partial charge in [-0.05, 0) is 85.6 Å². The molecule has 1 saturated carbocycles. The van der Waals surface area contributed by atoms with Gasteiger partial charge in [0.25, 0.3) is 0 Å². The van der Waals surface area contributed by atoms with Crippen molar-refractivity contribution < 1.29 is 5.11 Å². The molecule has 1 N–H and O–H groups in total. The zero-order valence-corrected chi connectivity index (χ0v) is 23.1. The van der Waals surface area contributed by atoms with Crippen molar-refractivity contribution in [1.29, 1.82) is 0 Å². The van der Waals surface area contributed by atoms with Crippen LogP contribution in [0.3, 0.4) is 0 Å². The number of benzene rings is 1. The third-order valence-corrected chi connectivity index (χ3v) is 7.55. The van der Waals surface area contributed by atoms with Crippen molar-refractivity contribution in [3.8, 4) is 17.0 Å². The third-order valence-electron chi connectivity index (χ3n) is 7.55. The van der Waals surface area contributed by atoms with E-state index in [1.54, 1.807) is 0 Å². The molecule has 2 aromatic rings. The van der Waals surface area contributed by atoms with Gasteiger partial charge in [0, 0.05) is 5.56 Å². The Kier molecular flexibility index (Phi) is 12.1. The Bertz CT molecular complexity index is 872. The van der Waals surface area contributed by atoms with E-state index in [4.69, 9.17) is 0 Å². The Hall–Kier alpha value is -1.90. The number of fused-ring (bicyclic) bond motifs is 3. The summed E-state index contributed by atoms with van der Waals surface area (Å²) in [4.78, 5) is 0. The minimum absolute atomic E-state index is 0.380. The highest BCUT2D eigenvalue weighted by atomic mass is 16.3. The van der Waals surface area contributed by atoms with Crippen LogP contribution in [0.25, 0.3) is 11.3 Å². The first-order valence-electron chi connectivity index (χ1n) is 14.2. The van der Waals surface area contributed by atoms with Crippen LogP contribution < -0.4 is 0 Å². The molecule has 34 heavy (non-hydrogen) atoms. The van der Waals surface area contributed by atoms with E-state index in [9.17, 15) is 5.11 Å². The van der Waals surface area contributed by atoms with Crippen LogP contribution in [0.1, 0.15) is 128 Å². The average Bonchev–Trinajstić information content (AvgIpc) is 3.70. The minimum atomic E-state index is 0.380. The van der Waals surface area contributed by atoms with Crippen LogP contribution in [-0.4, -0.2) is 15.3 Å². The van der Waals surface area contributed by atoms with Gasteiger partial charge in [-0.25, -0.2) is 0 Å². The molecule has 0 amide bonds. The number of aromatic nitrogens is 2. The summed E-state index contributed by atoms with van der Waals surface area (Å²) in [5.41, 5.74) is 6.48. The molecule has 1 fully saturated rings. The first-order valence-corrected chi connectivity index (χ1v) is 14.2. The molecule has 0 bridgehead atoms. The molecule has 0 aliphatic heterocycles. The fourth-order valence-electron chi connectivity index (χ4n) is 5.13. The maximum Gasteiger partial charge on any atom is 0.125 e. The summed E-state index contributed by atoms with van der Waals surface area (Å²) in [5, 5.41) is 19.0. The number of hydrogen-bond acceptors (Lipinski definition) is 3. The molecule has 0 spiro atoms. The molecular weight excluding hydrogens is 416 g/mol. The summed E-state index contributed by atoms with van der Waals surface area (Å²) in [6.07, 6.45) is 14.1. The van der Waals surface area contributed by atoms with E-state index in [1.165, 1.54) is 68.1 Å². The van der Waals surface area contributed by atoms with E-state index in [0.29, 0.717) is 11.7 Å². The number of hydrogen-bond donors (Lipinski definition) is 1. The van der Waals surface area contributed by atoms with Crippen LogP contribution >= 0.6 is 0 Å². The molecule has 2 atom stereocenters. The molecule has 0 radical (unpaired) electrons. The zero-order valence-electron chi connectivity index (χ0n) is 23.1. The molecule has 1 aromatic carbocycles. The lowest BCUT2D eigenvalue weighted by molar-refractivity contribution is 0.308. The summed E-state index contributed by atoms with van der Waals surface area (Å²) in [7, 11) is 0. The van der Waals surface area contributed by atoms with Crippen molar-refractivity contribution in [1.82, 2.24) is 10.2 Å². The summed E-state index contributed by atoms with van der Waals surface area (Å²) in [5.74, 6) is 2.97. The zero-order chi connectivity index (χ0) is 25.1. The maximum absolute atomic E-state index is 10.5. The molecule has 1 aromatic heterocycles. The summed E-state index contributed by atoms with van der Waals surface area (Å²) >= 11 is 0. The lowest BCUT2D eigenvalue weighted by Gasteiger charge is -2.21. The Labute approximate surface area is 209 Å². The second-order valence-electron chi connectivity index (χ2n) is 10.1. The van der Waals surface area contributed by atoms with Gasteiger partial charge in [-0.3, -0.25) is 0 Å². The first-order chi connectivity index (χ1) is 16.5. The van der Waals surface area contributed by atoms with Gasteiger partial charge in [-0.2, -0.15) is 5.10 Å². The maximum atomic E-state index is 10.5. The van der Waals surface area contributed by atoms with Crippen LogP contribution in [0.4, 0.5) is 0 Å². The van der Waals surface area contributed by atoms with E-state index in [1.807, 2.05) is 26.8 Å². The van der Waals surface area contributed by atoms with Gasteiger partial charge in [0.15, 0.2) is 0 Å². The fraction of sp³-hybridized carbons (Fsp3) is 0.677. The Balaban J connectivity index is 0.000000254. The van der Waals surface area contributed by atoms with Crippen LogP contribution in [0.5, 0.6) is 5.75 Å². The van der Waals surface area contributed by atoms with Gasteiger partial charge < -0.3 is 5.11 Å². The molecule has 190 valence electrons. The van der Waals surface area contributed by atoms with Gasteiger partial charge >= 0.3 is 0 Å². The second-order valence-corrected chi connectivity index (χ2v) is 10.1. The lowest BCUT2D eigenvalue weighted by atomic mass is 9.85. The number of phenols is 1. The Morgan fingerprint density at radius 3 is 2.26 bits per heavy atom. The number of rotatable bonds is 8. The number of aromatic hydroxyl groups is 1. The molecule has 3 heteroatoms. The van der Waals surface area contributed by atoms with Gasteiger partial charge in [0.1, 0.15) is 11.4 Å². The van der Waals surface area contributed by atoms with Crippen LogP contribution in [0.15, 0.2) is 18.2 Å². The molecule has 0 saturated heterocycles. The fourth-order valence-corrected chi connectivity index (χ4v) is 5.13. The highest BCUT2D eigenvalue weighted by molar-refractivity contribution is 5.74. The molecule has 2 unspecified atom stereocenters. The topological polar surface area (TPSA) is 46.0 Å². The quantitative estimate of drug-likeness (QED) is 0.394. The molecule has 2 aliphatic rings. The van der Waals surface area contributed by atoms with E-state index in [2.05, 4.69) is 50.0 Å². The van der Waals surface area contributed by atoms with Crippen molar-refractivity contribution >= 4 is 0 Å². The van der Waals surface area contributed by atoms with E-state index >= 15 is 0 Å². The van der Waals surface area contributed by atoms with Crippen molar-refractivity contribution in [2.24, 2.45) is 11.8 Å². The number of phenolic OH excluding ortho intramolecular Hbond substituents is 1. The average molecular weight is 467 g/mol. The monoisotopic (exact) mass is 466 g/mol. The second kappa shape index (κ2) is 14.5. The number of nitrogens with zero attached hydrogens (tertiary/aromatic N) is 2. The minimum Gasteiger partial charge on any atom is -0.507 e. The summed E-state index contributed by atoms with van der Waals surface area (Å²) in [6, 6.07) is 6.32. The molecule has 4 rings (SSSR count). The highest BCUT2D eigenvalue weighted by Gasteiger charge is 2.27. The third kappa shape index (κ3) is 7.82. The van der Waals surface area contributed by atoms with Gasteiger partial charge in [0.05, 0.1) is 5.69 Å². The summed E-state index contributed by atoms with van der Waals surface area (Å²) < 4.78 is 0. The van der Waals surface area contributed by atoms with Crippen molar-refractivity contribution in [3.05, 3.63) is 40.6 Å². The number of aryl methyl sites for hydroxylation is 3. The van der Waals surface area contributed by atoms with Gasteiger partial charge in [-0.1, -0.05) is 86.1 Å². The van der Waals surface area contributed by atoms with Crippen molar-refractivity contribution in [2.45, 2.75) is 125 Å².